The van der Waals surface area contributed by atoms with E-state index in [1.807, 2.05) is 20.8 Å². The number of hydrogen-bond donors (Lipinski definition) is 1. The van der Waals surface area contributed by atoms with E-state index in [2.05, 4.69) is 0 Å². The third-order valence-electron chi connectivity index (χ3n) is 2.83. The van der Waals surface area contributed by atoms with Crippen LogP contribution in [0.15, 0.2) is 0 Å². The smallest absolute Gasteiger partial charge is 0.133 e. The van der Waals surface area contributed by atoms with Crippen molar-refractivity contribution in [1.82, 2.24) is 0 Å². The van der Waals surface area contributed by atoms with Gasteiger partial charge in [0, 0.05) is 5.92 Å². The minimum atomic E-state index is -0.494. The van der Waals surface area contributed by atoms with Gasteiger partial charge in [-0.1, -0.05) is 0 Å². The van der Waals surface area contributed by atoms with E-state index in [0.29, 0.717) is 6.42 Å². The van der Waals surface area contributed by atoms with Crippen LogP contribution in [0.5, 0.6) is 0 Å². The number of aliphatic hydroxyl groups excluding tert-OH is 1. The van der Waals surface area contributed by atoms with Gasteiger partial charge in [0.2, 0.25) is 0 Å². The molecule has 1 N–H and O–H groups in total. The highest BCUT2D eigenvalue weighted by Crippen LogP contribution is 2.29. The van der Waals surface area contributed by atoms with Crippen molar-refractivity contribution < 1.29 is 14.6 Å². The van der Waals surface area contributed by atoms with E-state index in [1.165, 1.54) is 0 Å². The molecule has 0 bridgehead atoms. The zero-order valence-electron chi connectivity index (χ0n) is 10.1. The molecule has 1 saturated carbocycles. The number of carbonyl (C=O) groups excluding carboxylic acids is 1. The van der Waals surface area contributed by atoms with Crippen molar-refractivity contribution in [3.05, 3.63) is 0 Å². The number of ether oxygens (including phenoxy) is 1. The Morgan fingerprint density at radius 3 is 2.33 bits per heavy atom. The molecule has 15 heavy (non-hydrogen) atoms. The standard InChI is InChI=1S/C12H22O3/c1-8(13)9-5-6-11(10(14)7-9)15-12(2,3)4/h9-11,14H,5-7H2,1-4H3. The van der Waals surface area contributed by atoms with E-state index >= 15 is 0 Å². The lowest BCUT2D eigenvalue weighted by Gasteiger charge is -2.36. The van der Waals surface area contributed by atoms with Crippen molar-refractivity contribution >= 4 is 5.78 Å². The van der Waals surface area contributed by atoms with Gasteiger partial charge < -0.3 is 9.84 Å². The van der Waals surface area contributed by atoms with Gasteiger partial charge in [-0.15, -0.1) is 0 Å². The monoisotopic (exact) mass is 214 g/mol. The number of hydrogen-bond acceptors (Lipinski definition) is 3. The summed E-state index contributed by atoms with van der Waals surface area (Å²) in [5.74, 6) is 0.211. The molecule has 0 aromatic heterocycles. The number of ketones is 1. The molecule has 1 aliphatic rings. The second-order valence-corrected chi connectivity index (χ2v) is 5.46. The van der Waals surface area contributed by atoms with Crippen molar-refractivity contribution in [2.75, 3.05) is 0 Å². The molecule has 0 saturated heterocycles. The first kappa shape index (κ1) is 12.7. The van der Waals surface area contributed by atoms with Crippen LogP contribution in [0.25, 0.3) is 0 Å². The summed E-state index contributed by atoms with van der Waals surface area (Å²) in [5.41, 5.74) is -0.227. The third kappa shape index (κ3) is 3.92. The molecule has 3 atom stereocenters. The zero-order valence-corrected chi connectivity index (χ0v) is 10.1. The highest BCUT2D eigenvalue weighted by atomic mass is 16.5. The lowest BCUT2D eigenvalue weighted by molar-refractivity contribution is -0.141. The lowest BCUT2D eigenvalue weighted by atomic mass is 9.83. The maximum absolute atomic E-state index is 11.2. The molecular formula is C12H22O3. The number of carbonyl (C=O) groups is 1. The number of Topliss-reactive ketones (excluding diaryl/α,β-unsaturated/α-hetero) is 1. The van der Waals surface area contributed by atoms with Crippen molar-refractivity contribution in [1.29, 1.82) is 0 Å². The summed E-state index contributed by atoms with van der Waals surface area (Å²) < 4.78 is 5.76. The van der Waals surface area contributed by atoms with Crippen molar-refractivity contribution in [2.45, 2.75) is 64.8 Å². The molecular weight excluding hydrogens is 192 g/mol. The summed E-state index contributed by atoms with van der Waals surface area (Å²) in [6.45, 7) is 7.55. The summed E-state index contributed by atoms with van der Waals surface area (Å²) in [4.78, 5) is 11.2. The minimum absolute atomic E-state index is 0.0276. The molecule has 0 spiro atoms. The predicted octanol–water partition coefficient (Wildman–Crippen LogP) is 1.92. The van der Waals surface area contributed by atoms with Crippen LogP contribution in [-0.4, -0.2) is 28.7 Å². The molecule has 1 fully saturated rings. The van der Waals surface area contributed by atoms with E-state index in [-0.39, 0.29) is 23.4 Å². The van der Waals surface area contributed by atoms with Crippen LogP contribution < -0.4 is 0 Å². The Bertz CT molecular complexity index is 230. The normalized spacial score (nSPS) is 32.7. The van der Waals surface area contributed by atoms with Gasteiger partial charge in [0.1, 0.15) is 5.78 Å². The fourth-order valence-corrected chi connectivity index (χ4v) is 2.08. The fraction of sp³-hybridized carbons (Fsp3) is 0.917. The maximum Gasteiger partial charge on any atom is 0.133 e. The molecule has 1 rings (SSSR count). The second-order valence-electron chi connectivity index (χ2n) is 5.46. The van der Waals surface area contributed by atoms with Crippen LogP contribution in [0.3, 0.4) is 0 Å². The van der Waals surface area contributed by atoms with E-state index in [0.717, 1.165) is 12.8 Å². The highest BCUT2D eigenvalue weighted by molar-refractivity contribution is 5.78. The Balaban J connectivity index is 2.49. The molecule has 3 nitrogen and oxygen atoms in total. The van der Waals surface area contributed by atoms with E-state index in [1.54, 1.807) is 6.92 Å². The first-order valence-electron chi connectivity index (χ1n) is 5.66. The van der Waals surface area contributed by atoms with E-state index in [4.69, 9.17) is 4.74 Å². The predicted molar refractivity (Wildman–Crippen MR) is 58.7 cm³/mol. The van der Waals surface area contributed by atoms with Gasteiger partial charge in [-0.25, -0.2) is 0 Å². The summed E-state index contributed by atoms with van der Waals surface area (Å²) in [6, 6.07) is 0. The molecule has 0 aliphatic heterocycles. The van der Waals surface area contributed by atoms with Gasteiger partial charge in [-0.05, 0) is 47.0 Å². The molecule has 0 aromatic carbocycles. The largest absolute Gasteiger partial charge is 0.390 e. The van der Waals surface area contributed by atoms with E-state index < -0.39 is 6.10 Å². The molecule has 3 heteroatoms. The van der Waals surface area contributed by atoms with Gasteiger partial charge >= 0.3 is 0 Å². The van der Waals surface area contributed by atoms with Crippen LogP contribution in [-0.2, 0) is 9.53 Å². The van der Waals surface area contributed by atoms with Crippen LogP contribution >= 0.6 is 0 Å². The number of rotatable bonds is 2. The Morgan fingerprint density at radius 1 is 1.33 bits per heavy atom. The molecule has 0 heterocycles. The van der Waals surface area contributed by atoms with Crippen LogP contribution in [0.4, 0.5) is 0 Å². The average molecular weight is 214 g/mol. The topological polar surface area (TPSA) is 46.5 Å². The zero-order chi connectivity index (χ0) is 11.6. The van der Waals surface area contributed by atoms with Gasteiger partial charge in [-0.2, -0.15) is 0 Å². The summed E-state index contributed by atoms with van der Waals surface area (Å²) in [6.07, 6.45) is 1.57. The Kier molecular flexibility index (Phi) is 3.90. The van der Waals surface area contributed by atoms with Crippen molar-refractivity contribution in [3.8, 4) is 0 Å². The highest BCUT2D eigenvalue weighted by Gasteiger charge is 2.33. The summed E-state index contributed by atoms with van der Waals surface area (Å²) in [7, 11) is 0. The Hall–Kier alpha value is -0.410. The van der Waals surface area contributed by atoms with Gasteiger partial charge in [0.15, 0.2) is 0 Å². The van der Waals surface area contributed by atoms with Gasteiger partial charge in [0.05, 0.1) is 17.8 Å². The van der Waals surface area contributed by atoms with Crippen LogP contribution in [0.1, 0.15) is 47.0 Å². The first-order valence-corrected chi connectivity index (χ1v) is 5.66. The summed E-state index contributed by atoms with van der Waals surface area (Å²) in [5, 5.41) is 9.87. The van der Waals surface area contributed by atoms with Gasteiger partial charge in [0.25, 0.3) is 0 Å². The molecule has 0 amide bonds. The quantitative estimate of drug-likeness (QED) is 0.764. The van der Waals surface area contributed by atoms with E-state index in [9.17, 15) is 9.90 Å². The average Bonchev–Trinajstić information content (AvgIpc) is 2.05. The van der Waals surface area contributed by atoms with Crippen molar-refractivity contribution in [2.24, 2.45) is 5.92 Å². The Labute approximate surface area is 91.8 Å². The van der Waals surface area contributed by atoms with Crippen LogP contribution in [0, 0.1) is 5.92 Å². The molecule has 88 valence electrons. The molecule has 0 aromatic rings. The summed E-state index contributed by atoms with van der Waals surface area (Å²) >= 11 is 0. The fourth-order valence-electron chi connectivity index (χ4n) is 2.08. The Morgan fingerprint density at radius 2 is 1.93 bits per heavy atom. The van der Waals surface area contributed by atoms with Gasteiger partial charge in [-0.3, -0.25) is 4.79 Å². The molecule has 1 aliphatic carbocycles. The molecule has 0 radical (unpaired) electrons. The molecule has 3 unspecified atom stereocenters. The minimum Gasteiger partial charge on any atom is -0.390 e. The maximum atomic E-state index is 11.2. The second kappa shape index (κ2) is 4.62. The van der Waals surface area contributed by atoms with Crippen molar-refractivity contribution in [3.63, 3.8) is 0 Å². The van der Waals surface area contributed by atoms with Crippen LogP contribution in [0.2, 0.25) is 0 Å². The SMILES string of the molecule is CC(=O)C1CCC(OC(C)(C)C)C(O)C1. The third-order valence-corrected chi connectivity index (χ3v) is 2.83. The first-order chi connectivity index (χ1) is 6.79. The lowest BCUT2D eigenvalue weighted by Crippen LogP contribution is -2.41. The number of aliphatic hydroxyl groups is 1.